The quantitative estimate of drug-likeness (QED) is 0.0488. The standard InChI is InChI=1S/C41H30O28/c42-12-1-8(2-13(43)23(12)48)34(56)68-40-33(67-37(59)11-5-16(46)26(51)30(55)21(11)22-31-39(61)69-41(22,62)6-17(47)38(60)65-31)32-27(52)18(64-40)7-63-35(57)9-3-14(44)24(49)28(53)19(9)20-10(36(58)66-32)4-15(45)25(50)29(20)54/h1-5,18,22,27,31-33,40,42-46,48-55,62H,6-7H2/t18-,22-,27-,31-,32+,33+,40-,41+/m1/s1. The fourth-order valence-corrected chi connectivity index (χ4v) is 7.94. The molecule has 4 aromatic rings. The van der Waals surface area contributed by atoms with Gasteiger partial charge in [0.25, 0.3) is 0 Å². The van der Waals surface area contributed by atoms with Gasteiger partial charge in [0.2, 0.25) is 47.3 Å². The molecule has 0 unspecified atom stereocenters. The minimum atomic E-state index is -3.15. The van der Waals surface area contributed by atoms with Crippen molar-refractivity contribution in [3.05, 3.63) is 58.1 Å². The molecule has 4 bridgehead atoms. The molecular weight excluding hydrogens is 940 g/mol. The van der Waals surface area contributed by atoms with Crippen molar-refractivity contribution >= 4 is 41.6 Å². The molecule has 28 nitrogen and oxygen atoms in total. The molecule has 0 radical (unpaired) electrons. The maximum atomic E-state index is 14.5. The van der Waals surface area contributed by atoms with Gasteiger partial charge in [0.1, 0.15) is 24.7 Å². The topological polar surface area (TPSA) is 467 Å². The molecule has 28 heteroatoms. The first-order chi connectivity index (χ1) is 32.3. The highest BCUT2D eigenvalue weighted by Crippen LogP contribution is 2.55. The third-order valence-electron chi connectivity index (χ3n) is 11.2. The monoisotopic (exact) mass is 970 g/mol. The van der Waals surface area contributed by atoms with Crippen molar-refractivity contribution in [1.82, 2.24) is 0 Å². The van der Waals surface area contributed by atoms with Crippen molar-refractivity contribution in [2.45, 2.75) is 54.9 Å². The van der Waals surface area contributed by atoms with Gasteiger partial charge in [0.15, 0.2) is 57.8 Å². The number of esters is 6. The van der Waals surface area contributed by atoms with E-state index in [1.807, 2.05) is 0 Å². The molecule has 4 heterocycles. The van der Waals surface area contributed by atoms with Crippen molar-refractivity contribution in [1.29, 1.82) is 0 Å². The number of hydrogen-bond donors (Lipinski definition) is 14. The molecule has 0 aromatic heterocycles. The number of aliphatic hydroxyl groups excluding tert-OH is 1. The number of benzene rings is 4. The number of phenolic OH excluding ortho intramolecular Hbond substituents is 12. The second-order valence-electron chi connectivity index (χ2n) is 15.4. The van der Waals surface area contributed by atoms with Gasteiger partial charge in [0, 0.05) is 16.7 Å². The van der Waals surface area contributed by atoms with Crippen LogP contribution in [-0.2, 0) is 47.5 Å². The van der Waals surface area contributed by atoms with E-state index in [9.17, 15) is 105 Å². The lowest BCUT2D eigenvalue weighted by atomic mass is 9.82. The summed E-state index contributed by atoms with van der Waals surface area (Å²) in [6.07, 6.45) is -16.2. The van der Waals surface area contributed by atoms with E-state index in [-0.39, 0.29) is 0 Å². The summed E-state index contributed by atoms with van der Waals surface area (Å²) < 4.78 is 37.1. The predicted octanol–water partition coefficient (Wildman–Crippen LogP) is -1.10. The fraction of sp³-hybridized carbons (Fsp3) is 0.244. The Hall–Kier alpha value is -9.15. The SMILES string of the molecule is O=C1C[C@]2(O)OC(=O)[C@H](OC1=O)[C@H]2c1c(C(=O)O[C@@H]2[C@@H](OC(=O)c3cc(O)c(O)c(O)c3)O[C@@H]3COC(=O)c4cc(O)c(O)c(O)c4-c4c(cc(O)c(O)c4O)C(=O)O[C@H]2[C@@H]3O)cc(O)c(O)c1O. The summed E-state index contributed by atoms with van der Waals surface area (Å²) in [5, 5.41) is 149. The number of ketones is 1. The summed E-state index contributed by atoms with van der Waals surface area (Å²) in [7, 11) is 0. The fourth-order valence-electron chi connectivity index (χ4n) is 7.94. The van der Waals surface area contributed by atoms with Crippen molar-refractivity contribution in [3.8, 4) is 80.1 Å². The molecule has 3 saturated heterocycles. The summed E-state index contributed by atoms with van der Waals surface area (Å²) in [4.78, 5) is 94.0. The largest absolute Gasteiger partial charge is 0.504 e. The molecule has 4 aliphatic heterocycles. The second-order valence-corrected chi connectivity index (χ2v) is 15.4. The number of ether oxygens (including phenoxy) is 7. The third-order valence-corrected chi connectivity index (χ3v) is 11.2. The van der Waals surface area contributed by atoms with Crippen LogP contribution in [0.2, 0.25) is 0 Å². The Labute approximate surface area is 379 Å². The van der Waals surface area contributed by atoms with Gasteiger partial charge in [-0.15, -0.1) is 0 Å². The van der Waals surface area contributed by atoms with Gasteiger partial charge < -0.3 is 105 Å². The first kappa shape index (κ1) is 46.4. The van der Waals surface area contributed by atoms with Gasteiger partial charge in [-0.3, -0.25) is 4.79 Å². The minimum Gasteiger partial charge on any atom is -0.504 e. The maximum absolute atomic E-state index is 14.5. The molecule has 0 spiro atoms. The highest BCUT2D eigenvalue weighted by atomic mass is 16.7. The van der Waals surface area contributed by atoms with Crippen molar-refractivity contribution in [3.63, 3.8) is 0 Å². The second kappa shape index (κ2) is 16.3. The molecule has 0 aliphatic carbocycles. The minimum absolute atomic E-state index is 0.318. The molecule has 8 rings (SSSR count). The number of carbonyl (C=O) groups excluding carboxylic acids is 7. The van der Waals surface area contributed by atoms with Crippen LogP contribution in [0.15, 0.2) is 30.3 Å². The smallest absolute Gasteiger partial charge is 0.375 e. The Morgan fingerprint density at radius 3 is 1.74 bits per heavy atom. The van der Waals surface area contributed by atoms with Crippen LogP contribution in [0.5, 0.6) is 69.0 Å². The molecular formula is C41H30O28. The third kappa shape index (κ3) is 7.44. The van der Waals surface area contributed by atoms with Crippen LogP contribution in [0.3, 0.4) is 0 Å². The molecule has 362 valence electrons. The number of phenols is 12. The van der Waals surface area contributed by atoms with E-state index in [4.69, 9.17) is 33.2 Å². The lowest BCUT2D eigenvalue weighted by Crippen LogP contribution is -2.62. The van der Waals surface area contributed by atoms with Gasteiger partial charge in [-0.25, -0.2) is 28.8 Å². The number of hydrogen-bond acceptors (Lipinski definition) is 28. The zero-order valence-electron chi connectivity index (χ0n) is 33.8. The van der Waals surface area contributed by atoms with Crippen molar-refractivity contribution in [2.75, 3.05) is 6.61 Å². The Balaban J connectivity index is 1.30. The van der Waals surface area contributed by atoms with E-state index in [0.29, 0.717) is 30.3 Å². The highest BCUT2D eigenvalue weighted by molar-refractivity contribution is 6.34. The first-order valence-electron chi connectivity index (χ1n) is 19.3. The van der Waals surface area contributed by atoms with Gasteiger partial charge in [0.05, 0.1) is 28.7 Å². The number of aliphatic hydroxyl groups is 2. The summed E-state index contributed by atoms with van der Waals surface area (Å²) in [6.45, 7) is -1.23. The number of rotatable bonds is 5. The van der Waals surface area contributed by atoms with Crippen LogP contribution in [-0.4, -0.2) is 162 Å². The Kier molecular flexibility index (Phi) is 11.0. The molecule has 8 atom stereocenters. The number of aromatic hydroxyl groups is 12. The van der Waals surface area contributed by atoms with Crippen LogP contribution in [0.25, 0.3) is 11.1 Å². The summed E-state index contributed by atoms with van der Waals surface area (Å²) >= 11 is 0. The van der Waals surface area contributed by atoms with E-state index in [2.05, 4.69) is 0 Å². The van der Waals surface area contributed by atoms with E-state index < -0.39 is 211 Å². The first-order valence-corrected chi connectivity index (χ1v) is 19.3. The van der Waals surface area contributed by atoms with Crippen molar-refractivity contribution in [2.24, 2.45) is 0 Å². The van der Waals surface area contributed by atoms with E-state index in [1.54, 1.807) is 0 Å². The zero-order valence-corrected chi connectivity index (χ0v) is 33.8. The van der Waals surface area contributed by atoms with Crippen LogP contribution >= 0.6 is 0 Å². The van der Waals surface area contributed by atoms with Crippen LogP contribution in [0, 0.1) is 0 Å². The number of cyclic esters (lactones) is 1. The lowest BCUT2D eigenvalue weighted by Gasteiger charge is -2.42. The summed E-state index contributed by atoms with van der Waals surface area (Å²) in [5.41, 5.74) is -7.57. The average molecular weight is 971 g/mol. The Morgan fingerprint density at radius 2 is 1.14 bits per heavy atom. The molecule has 3 fully saturated rings. The molecule has 14 N–H and O–H groups in total. The van der Waals surface area contributed by atoms with Gasteiger partial charge in [-0.2, -0.15) is 0 Å². The zero-order chi connectivity index (χ0) is 50.5. The molecule has 4 aliphatic rings. The van der Waals surface area contributed by atoms with Gasteiger partial charge in [-0.05, 0) is 30.3 Å². The molecule has 69 heavy (non-hydrogen) atoms. The lowest BCUT2D eigenvalue weighted by molar-refractivity contribution is -0.283. The molecule has 0 saturated carbocycles. The summed E-state index contributed by atoms with van der Waals surface area (Å²) in [5.74, 6) is -33.4. The van der Waals surface area contributed by atoms with E-state index >= 15 is 0 Å². The molecule has 4 aromatic carbocycles. The van der Waals surface area contributed by atoms with Gasteiger partial charge >= 0.3 is 35.8 Å². The number of carbonyl (C=O) groups is 7. The van der Waals surface area contributed by atoms with E-state index in [1.165, 1.54) is 0 Å². The summed E-state index contributed by atoms with van der Waals surface area (Å²) in [6, 6.07) is 2.19. The number of Topliss-reactive ketones (excluding diaryl/α,β-unsaturated/α-hetero) is 1. The number of fused-ring (bicyclic) bond motifs is 7. The van der Waals surface area contributed by atoms with Crippen LogP contribution < -0.4 is 0 Å². The highest BCUT2D eigenvalue weighted by Gasteiger charge is 2.64. The van der Waals surface area contributed by atoms with Gasteiger partial charge in [-0.1, -0.05) is 0 Å². The normalized spacial score (nSPS) is 25.2. The molecule has 0 amide bonds. The predicted molar refractivity (Wildman–Crippen MR) is 207 cm³/mol. The Bertz CT molecular complexity index is 2950. The van der Waals surface area contributed by atoms with E-state index in [0.717, 1.165) is 0 Å². The van der Waals surface area contributed by atoms with Crippen molar-refractivity contribution < 1.29 is 138 Å². The van der Waals surface area contributed by atoms with Crippen LogP contribution in [0.4, 0.5) is 0 Å². The average Bonchev–Trinajstić information content (AvgIpc) is 3.47. The van der Waals surface area contributed by atoms with Crippen LogP contribution in [0.1, 0.15) is 59.3 Å². The maximum Gasteiger partial charge on any atom is 0.375 e. The Morgan fingerprint density at radius 1 is 0.609 bits per heavy atom.